The second-order valence-corrected chi connectivity index (χ2v) is 4.89. The number of carbonyl (C=O) groups is 1. The summed E-state index contributed by atoms with van der Waals surface area (Å²) < 4.78 is 4.72. The van der Waals surface area contributed by atoms with Gasteiger partial charge in [0.25, 0.3) is 0 Å². The summed E-state index contributed by atoms with van der Waals surface area (Å²) in [6.45, 7) is 0. The van der Waals surface area contributed by atoms with Crippen LogP contribution in [0, 0.1) is 11.3 Å². The first-order valence-corrected chi connectivity index (χ1v) is 6.95. The van der Waals surface area contributed by atoms with Crippen molar-refractivity contribution in [3.63, 3.8) is 0 Å². The lowest BCUT2D eigenvalue weighted by Crippen LogP contribution is -2.01. The van der Waals surface area contributed by atoms with Crippen molar-refractivity contribution in [2.75, 3.05) is 7.11 Å². The van der Waals surface area contributed by atoms with Gasteiger partial charge in [-0.05, 0) is 24.3 Å². The Morgan fingerprint density at radius 3 is 2.78 bits per heavy atom. The van der Waals surface area contributed by atoms with Crippen molar-refractivity contribution in [1.29, 1.82) is 5.26 Å². The van der Waals surface area contributed by atoms with E-state index in [9.17, 15) is 10.1 Å². The molecule has 0 aliphatic heterocycles. The molecule has 0 amide bonds. The molecule has 0 saturated heterocycles. The molecule has 5 nitrogen and oxygen atoms in total. The number of nitriles is 1. The van der Waals surface area contributed by atoms with E-state index < -0.39 is 5.97 Å². The molecule has 23 heavy (non-hydrogen) atoms. The first-order chi connectivity index (χ1) is 11.2. The number of pyridine rings is 1. The van der Waals surface area contributed by atoms with Crippen molar-refractivity contribution < 1.29 is 9.53 Å². The molecule has 3 rings (SSSR count). The second kappa shape index (κ2) is 6.16. The molecule has 0 saturated carbocycles. The SMILES string of the molecule is COC(=O)c1ccnc(-c2ccc(-c3cc[nH]c3)c(C#N)c2)c1. The lowest BCUT2D eigenvalue weighted by Gasteiger charge is -2.07. The minimum atomic E-state index is -0.418. The van der Waals surface area contributed by atoms with Gasteiger partial charge in [-0.25, -0.2) is 4.79 Å². The minimum absolute atomic E-state index is 0.418. The molecular weight excluding hydrogens is 290 g/mol. The Morgan fingerprint density at radius 1 is 1.22 bits per heavy atom. The van der Waals surface area contributed by atoms with Gasteiger partial charge in [-0.3, -0.25) is 4.98 Å². The number of esters is 1. The lowest BCUT2D eigenvalue weighted by atomic mass is 9.98. The Kier molecular flexibility index (Phi) is 3.89. The van der Waals surface area contributed by atoms with Crippen LogP contribution < -0.4 is 0 Å². The third-order valence-corrected chi connectivity index (χ3v) is 3.53. The van der Waals surface area contributed by atoms with Gasteiger partial charge in [0.2, 0.25) is 0 Å². The highest BCUT2D eigenvalue weighted by Gasteiger charge is 2.11. The summed E-state index contributed by atoms with van der Waals surface area (Å²) in [5, 5.41) is 9.41. The Labute approximate surface area is 133 Å². The largest absolute Gasteiger partial charge is 0.465 e. The number of nitrogens with one attached hydrogen (secondary N) is 1. The normalized spacial score (nSPS) is 10.1. The number of nitrogens with zero attached hydrogens (tertiary/aromatic N) is 2. The van der Waals surface area contributed by atoms with E-state index in [4.69, 9.17) is 4.74 Å². The summed E-state index contributed by atoms with van der Waals surface area (Å²) in [6, 6.07) is 12.9. The van der Waals surface area contributed by atoms with Crippen molar-refractivity contribution in [3.8, 4) is 28.5 Å². The molecule has 0 bridgehead atoms. The van der Waals surface area contributed by atoms with E-state index in [0.717, 1.165) is 16.7 Å². The Bertz CT molecular complexity index is 893. The van der Waals surface area contributed by atoms with Crippen LogP contribution in [-0.4, -0.2) is 23.0 Å². The third kappa shape index (κ3) is 2.83. The molecule has 3 aromatic rings. The molecule has 112 valence electrons. The zero-order valence-electron chi connectivity index (χ0n) is 12.4. The fourth-order valence-corrected chi connectivity index (χ4v) is 2.37. The predicted molar refractivity (Wildman–Crippen MR) is 85.5 cm³/mol. The van der Waals surface area contributed by atoms with E-state index in [1.807, 2.05) is 30.6 Å². The molecule has 1 N–H and O–H groups in total. The molecule has 0 aliphatic carbocycles. The lowest BCUT2D eigenvalue weighted by molar-refractivity contribution is 0.0600. The number of methoxy groups -OCH3 is 1. The summed E-state index contributed by atoms with van der Waals surface area (Å²) in [7, 11) is 1.34. The average molecular weight is 303 g/mol. The van der Waals surface area contributed by atoms with Crippen LogP contribution in [-0.2, 0) is 4.74 Å². The van der Waals surface area contributed by atoms with E-state index in [2.05, 4.69) is 16.0 Å². The molecule has 0 unspecified atom stereocenters. The maximum atomic E-state index is 11.6. The second-order valence-electron chi connectivity index (χ2n) is 4.89. The number of hydrogen-bond acceptors (Lipinski definition) is 4. The number of benzene rings is 1. The fourth-order valence-electron chi connectivity index (χ4n) is 2.37. The third-order valence-electron chi connectivity index (χ3n) is 3.53. The zero-order chi connectivity index (χ0) is 16.2. The van der Waals surface area contributed by atoms with Gasteiger partial charge in [0.1, 0.15) is 0 Å². The summed E-state index contributed by atoms with van der Waals surface area (Å²) in [5.41, 5.74) is 4.15. The number of aromatic nitrogens is 2. The topological polar surface area (TPSA) is 78.8 Å². The molecule has 0 fully saturated rings. The Morgan fingerprint density at radius 2 is 2.09 bits per heavy atom. The van der Waals surface area contributed by atoms with Crippen LogP contribution in [0.2, 0.25) is 0 Å². The summed E-state index contributed by atoms with van der Waals surface area (Å²) in [6.07, 6.45) is 5.20. The standard InChI is InChI=1S/C18H13N3O2/c1-23-18(22)13-5-7-21-17(9-13)12-2-3-16(15(8-12)10-19)14-4-6-20-11-14/h2-9,11,20H,1H3. The van der Waals surface area contributed by atoms with Crippen LogP contribution in [0.1, 0.15) is 15.9 Å². The highest BCUT2D eigenvalue weighted by Crippen LogP contribution is 2.28. The van der Waals surface area contributed by atoms with Crippen LogP contribution in [0.3, 0.4) is 0 Å². The number of H-pyrrole nitrogens is 1. The first-order valence-electron chi connectivity index (χ1n) is 6.95. The predicted octanol–water partition coefficient (Wildman–Crippen LogP) is 3.40. The van der Waals surface area contributed by atoms with E-state index in [1.54, 1.807) is 24.4 Å². The summed E-state index contributed by atoms with van der Waals surface area (Å²) >= 11 is 0. The summed E-state index contributed by atoms with van der Waals surface area (Å²) in [4.78, 5) is 18.9. The minimum Gasteiger partial charge on any atom is -0.465 e. The van der Waals surface area contributed by atoms with E-state index in [-0.39, 0.29) is 0 Å². The van der Waals surface area contributed by atoms with E-state index in [0.29, 0.717) is 16.8 Å². The number of hydrogen-bond donors (Lipinski definition) is 1. The van der Waals surface area contributed by atoms with Crippen LogP contribution in [0.4, 0.5) is 0 Å². The Balaban J connectivity index is 2.05. The molecule has 5 heteroatoms. The molecule has 2 heterocycles. The molecule has 0 spiro atoms. The van der Waals surface area contributed by atoms with Crippen molar-refractivity contribution in [2.24, 2.45) is 0 Å². The maximum absolute atomic E-state index is 11.6. The highest BCUT2D eigenvalue weighted by atomic mass is 16.5. The zero-order valence-corrected chi connectivity index (χ0v) is 12.4. The van der Waals surface area contributed by atoms with Crippen LogP contribution in [0.5, 0.6) is 0 Å². The van der Waals surface area contributed by atoms with E-state index in [1.165, 1.54) is 7.11 Å². The van der Waals surface area contributed by atoms with Gasteiger partial charge in [-0.1, -0.05) is 12.1 Å². The van der Waals surface area contributed by atoms with Gasteiger partial charge in [0, 0.05) is 35.3 Å². The number of carbonyl (C=O) groups excluding carboxylic acids is 1. The average Bonchev–Trinajstić information content (AvgIpc) is 3.15. The maximum Gasteiger partial charge on any atom is 0.337 e. The van der Waals surface area contributed by atoms with Gasteiger partial charge in [-0.2, -0.15) is 5.26 Å². The molecule has 0 radical (unpaired) electrons. The van der Waals surface area contributed by atoms with Gasteiger partial charge in [0.15, 0.2) is 0 Å². The highest BCUT2D eigenvalue weighted by molar-refractivity contribution is 5.90. The van der Waals surface area contributed by atoms with Crippen LogP contribution in [0.25, 0.3) is 22.4 Å². The monoisotopic (exact) mass is 303 g/mol. The van der Waals surface area contributed by atoms with Crippen LogP contribution >= 0.6 is 0 Å². The molecular formula is C18H13N3O2. The summed E-state index contributed by atoms with van der Waals surface area (Å²) in [5.74, 6) is -0.418. The smallest absolute Gasteiger partial charge is 0.337 e. The van der Waals surface area contributed by atoms with Gasteiger partial charge in [0.05, 0.1) is 30.0 Å². The number of aromatic amines is 1. The molecule has 0 atom stereocenters. The Hall–Kier alpha value is -3.39. The van der Waals surface area contributed by atoms with Gasteiger partial charge < -0.3 is 9.72 Å². The number of ether oxygens (including phenoxy) is 1. The van der Waals surface area contributed by atoms with Crippen molar-refractivity contribution in [2.45, 2.75) is 0 Å². The van der Waals surface area contributed by atoms with Crippen molar-refractivity contribution in [3.05, 3.63) is 66.1 Å². The fraction of sp³-hybridized carbons (Fsp3) is 0.0556. The molecule has 1 aromatic carbocycles. The van der Waals surface area contributed by atoms with Crippen molar-refractivity contribution in [1.82, 2.24) is 9.97 Å². The van der Waals surface area contributed by atoms with Crippen LogP contribution in [0.15, 0.2) is 55.0 Å². The van der Waals surface area contributed by atoms with Gasteiger partial charge >= 0.3 is 5.97 Å². The molecule has 2 aromatic heterocycles. The van der Waals surface area contributed by atoms with Gasteiger partial charge in [-0.15, -0.1) is 0 Å². The molecule has 0 aliphatic rings. The quantitative estimate of drug-likeness (QED) is 0.752. The first kappa shape index (κ1) is 14.5. The number of rotatable bonds is 3. The van der Waals surface area contributed by atoms with Crippen molar-refractivity contribution >= 4 is 5.97 Å². The van der Waals surface area contributed by atoms with E-state index >= 15 is 0 Å².